The van der Waals surface area contributed by atoms with Crippen molar-refractivity contribution in [3.8, 4) is 0 Å². The highest BCUT2D eigenvalue weighted by molar-refractivity contribution is 6.03. The second-order valence-electron chi connectivity index (χ2n) is 12.0. The Morgan fingerprint density at radius 3 is 1.38 bits per heavy atom. The van der Waals surface area contributed by atoms with Gasteiger partial charge in [-0.05, 0) is 87.5 Å². The maximum Gasteiger partial charge on any atom is 0.339 e. The summed E-state index contributed by atoms with van der Waals surface area (Å²) in [4.78, 5) is 24.7. The van der Waals surface area contributed by atoms with Gasteiger partial charge in [-0.25, -0.2) is 9.59 Å². The molecule has 0 bridgehead atoms. The fourth-order valence-corrected chi connectivity index (χ4v) is 5.70. The summed E-state index contributed by atoms with van der Waals surface area (Å²) in [6, 6.07) is 6.74. The van der Waals surface area contributed by atoms with E-state index in [0.29, 0.717) is 24.3 Å². The van der Waals surface area contributed by atoms with E-state index in [9.17, 15) is 9.59 Å². The van der Waals surface area contributed by atoms with E-state index in [1.165, 1.54) is 116 Å². The number of allylic oxidation sites excluding steroid dienone is 4. The van der Waals surface area contributed by atoms with Crippen LogP contribution in [-0.2, 0) is 9.47 Å². The molecule has 1 aromatic carbocycles. The van der Waals surface area contributed by atoms with Gasteiger partial charge in [0.1, 0.15) is 0 Å². The molecule has 4 nitrogen and oxygen atoms in total. The van der Waals surface area contributed by atoms with Crippen molar-refractivity contribution in [1.29, 1.82) is 0 Å². The van der Waals surface area contributed by atoms with Gasteiger partial charge in [0.05, 0.1) is 24.3 Å². The number of carbonyl (C=O) groups excluding carboxylic acids is 2. The van der Waals surface area contributed by atoms with E-state index < -0.39 is 11.9 Å². The van der Waals surface area contributed by atoms with Crippen molar-refractivity contribution in [2.45, 2.75) is 155 Å². The van der Waals surface area contributed by atoms with E-state index in [1.54, 1.807) is 35.4 Å². The Hall–Kier alpha value is -2.36. The highest BCUT2D eigenvalue weighted by Crippen LogP contribution is 2.29. The van der Waals surface area contributed by atoms with Crippen LogP contribution >= 0.6 is 0 Å². The molecule has 0 saturated carbocycles. The van der Waals surface area contributed by atoms with Crippen molar-refractivity contribution in [1.82, 2.24) is 0 Å². The number of hydrogen-bond acceptors (Lipinski definition) is 4. The Kier molecular flexibility index (Phi) is 20.6. The van der Waals surface area contributed by atoms with Crippen LogP contribution in [0.1, 0.15) is 176 Å². The summed E-state index contributed by atoms with van der Waals surface area (Å²) in [5.74, 6) is -0.888. The molecule has 3 rings (SSSR count). The van der Waals surface area contributed by atoms with Gasteiger partial charge in [-0.2, -0.15) is 0 Å². The summed E-state index contributed by atoms with van der Waals surface area (Å²) < 4.78 is 10.7. The molecule has 0 unspecified atom stereocenters. The molecule has 0 atom stereocenters. The van der Waals surface area contributed by atoms with Crippen LogP contribution in [0, 0.1) is 0 Å². The molecule has 0 saturated heterocycles. The average molecular weight is 581 g/mol. The lowest BCUT2D eigenvalue weighted by molar-refractivity contribution is 0.0450. The molecule has 0 heterocycles. The maximum atomic E-state index is 12.4. The van der Waals surface area contributed by atoms with E-state index in [1.807, 2.05) is 0 Å². The first-order valence-electron chi connectivity index (χ1n) is 17.5. The highest BCUT2D eigenvalue weighted by atomic mass is 16.5. The molecule has 0 spiro atoms. The molecule has 0 N–H and O–H groups in total. The first-order chi connectivity index (χ1) is 20.7. The van der Waals surface area contributed by atoms with E-state index in [4.69, 9.17) is 9.47 Å². The Balaban J connectivity index is 0.000000363. The molecular formula is C38H60O4. The second kappa shape index (κ2) is 24.1. The van der Waals surface area contributed by atoms with E-state index in [-0.39, 0.29) is 0 Å². The van der Waals surface area contributed by atoms with Gasteiger partial charge in [-0.15, -0.1) is 0 Å². The van der Waals surface area contributed by atoms with Crippen LogP contribution in [0.15, 0.2) is 47.6 Å². The zero-order chi connectivity index (χ0) is 30.1. The van der Waals surface area contributed by atoms with Gasteiger partial charge in [0.15, 0.2) is 0 Å². The summed E-state index contributed by atoms with van der Waals surface area (Å²) in [6.45, 7) is 5.17. The number of carbonyl (C=O) groups is 2. The molecular weight excluding hydrogens is 520 g/mol. The van der Waals surface area contributed by atoms with E-state index in [2.05, 4.69) is 26.0 Å². The largest absolute Gasteiger partial charge is 0.462 e. The van der Waals surface area contributed by atoms with Crippen molar-refractivity contribution in [2.75, 3.05) is 13.2 Å². The summed E-state index contributed by atoms with van der Waals surface area (Å²) in [7, 11) is 0. The smallest absolute Gasteiger partial charge is 0.339 e. The van der Waals surface area contributed by atoms with E-state index >= 15 is 0 Å². The SMILES string of the molecule is C1=C(C2=CCCCCC2)CCCCC1.CCCCCCCCOC(=O)c1ccccc1C(=O)OCCCCCCCC. The molecule has 236 valence electrons. The minimum atomic E-state index is -0.444. The number of unbranched alkanes of at least 4 members (excludes halogenated alkanes) is 10. The molecule has 0 fully saturated rings. The molecule has 0 aliphatic heterocycles. The minimum absolute atomic E-state index is 0.293. The van der Waals surface area contributed by atoms with E-state index in [0.717, 1.165) is 25.7 Å². The van der Waals surface area contributed by atoms with Crippen molar-refractivity contribution < 1.29 is 19.1 Å². The van der Waals surface area contributed by atoms with Crippen LogP contribution in [0.5, 0.6) is 0 Å². The lowest BCUT2D eigenvalue weighted by Gasteiger charge is -2.10. The monoisotopic (exact) mass is 580 g/mol. The van der Waals surface area contributed by atoms with Gasteiger partial charge in [-0.1, -0.05) is 115 Å². The minimum Gasteiger partial charge on any atom is -0.462 e. The number of hydrogen-bond donors (Lipinski definition) is 0. The first kappa shape index (κ1) is 35.8. The van der Waals surface area contributed by atoms with Crippen LogP contribution in [-0.4, -0.2) is 25.2 Å². The Morgan fingerprint density at radius 2 is 0.952 bits per heavy atom. The summed E-state index contributed by atoms with van der Waals surface area (Å²) in [5, 5.41) is 0. The molecule has 4 heteroatoms. The molecule has 0 aromatic heterocycles. The summed E-state index contributed by atoms with van der Waals surface area (Å²) in [5.41, 5.74) is 3.98. The van der Waals surface area contributed by atoms with Crippen molar-refractivity contribution in [3.05, 3.63) is 58.7 Å². The van der Waals surface area contributed by atoms with Crippen LogP contribution in [0.4, 0.5) is 0 Å². The van der Waals surface area contributed by atoms with Gasteiger partial charge >= 0.3 is 11.9 Å². The maximum absolute atomic E-state index is 12.4. The third-order valence-corrected chi connectivity index (χ3v) is 8.32. The van der Waals surface area contributed by atoms with Crippen molar-refractivity contribution in [2.24, 2.45) is 0 Å². The quantitative estimate of drug-likeness (QED) is 0.136. The highest BCUT2D eigenvalue weighted by Gasteiger charge is 2.18. The number of benzene rings is 1. The lowest BCUT2D eigenvalue weighted by Crippen LogP contribution is -2.15. The molecule has 0 amide bonds. The summed E-state index contributed by atoms with van der Waals surface area (Å²) >= 11 is 0. The fraction of sp³-hybridized carbons (Fsp3) is 0.684. The zero-order valence-electron chi connectivity index (χ0n) is 27.1. The predicted molar refractivity (Wildman–Crippen MR) is 176 cm³/mol. The third-order valence-electron chi connectivity index (χ3n) is 8.32. The van der Waals surface area contributed by atoms with Gasteiger partial charge in [-0.3, -0.25) is 0 Å². The number of rotatable bonds is 17. The van der Waals surface area contributed by atoms with Crippen LogP contribution < -0.4 is 0 Å². The topological polar surface area (TPSA) is 52.6 Å². The Labute approximate surface area is 257 Å². The average Bonchev–Trinajstić information content (AvgIpc) is 3.46. The molecule has 2 aliphatic rings. The fourth-order valence-electron chi connectivity index (χ4n) is 5.70. The number of ether oxygens (including phenoxy) is 2. The van der Waals surface area contributed by atoms with Crippen LogP contribution in [0.2, 0.25) is 0 Å². The molecule has 42 heavy (non-hydrogen) atoms. The lowest BCUT2D eigenvalue weighted by atomic mass is 9.97. The standard InChI is InChI=1S/C24H38O4.C14H22/c1-3-5-7-9-11-15-19-27-23(25)21-17-13-14-18-22(21)24(26)28-20-16-12-10-8-6-4-2;1-2-6-10-13(9-5-1)14-11-7-3-4-8-12-14/h13-14,17-18H,3-12,15-16,19-20H2,1-2H3;9,11H,1-8,10,12H2. The number of esters is 2. The molecule has 0 radical (unpaired) electrons. The first-order valence-corrected chi connectivity index (χ1v) is 17.5. The normalized spacial score (nSPS) is 15.3. The van der Waals surface area contributed by atoms with Crippen LogP contribution in [0.3, 0.4) is 0 Å². The predicted octanol–water partition coefficient (Wildman–Crippen LogP) is 11.5. The van der Waals surface area contributed by atoms with Crippen molar-refractivity contribution >= 4 is 11.9 Å². The van der Waals surface area contributed by atoms with Gasteiger partial charge in [0.2, 0.25) is 0 Å². The molecule has 2 aliphatic carbocycles. The zero-order valence-corrected chi connectivity index (χ0v) is 27.1. The Bertz CT molecular complexity index is 854. The van der Waals surface area contributed by atoms with Gasteiger partial charge in [0.25, 0.3) is 0 Å². The van der Waals surface area contributed by atoms with Gasteiger partial charge < -0.3 is 9.47 Å². The molecule has 1 aromatic rings. The van der Waals surface area contributed by atoms with Gasteiger partial charge in [0, 0.05) is 0 Å². The summed E-state index contributed by atoms with van der Waals surface area (Å²) in [6.07, 6.45) is 32.6. The Morgan fingerprint density at radius 1 is 0.548 bits per heavy atom. The second-order valence-corrected chi connectivity index (χ2v) is 12.0. The van der Waals surface area contributed by atoms with Crippen LogP contribution in [0.25, 0.3) is 0 Å². The van der Waals surface area contributed by atoms with Crippen molar-refractivity contribution in [3.63, 3.8) is 0 Å². The third kappa shape index (κ3) is 15.8.